The zero-order valence-corrected chi connectivity index (χ0v) is 22.2. The molecule has 37 heavy (non-hydrogen) atoms. The van der Waals surface area contributed by atoms with Gasteiger partial charge in [-0.3, -0.25) is 9.71 Å². The third-order valence-corrected chi connectivity index (χ3v) is 8.83. The van der Waals surface area contributed by atoms with Gasteiger partial charge in [-0.25, -0.2) is 21.1 Å². The Labute approximate surface area is 213 Å². The first-order valence-electron chi connectivity index (χ1n) is 11.0. The molecule has 1 aliphatic heterocycles. The van der Waals surface area contributed by atoms with Crippen molar-refractivity contribution in [2.45, 2.75) is 50.2 Å². The van der Waals surface area contributed by atoms with E-state index in [-0.39, 0.29) is 12.3 Å². The number of hydrogen-bond donors (Lipinski definition) is 3. The van der Waals surface area contributed by atoms with Crippen molar-refractivity contribution >= 4 is 31.6 Å². The van der Waals surface area contributed by atoms with Crippen molar-refractivity contribution in [2.24, 2.45) is 4.99 Å². The van der Waals surface area contributed by atoms with Crippen LogP contribution in [0.5, 0.6) is 5.75 Å². The number of sulfonamides is 2. The van der Waals surface area contributed by atoms with E-state index in [1.807, 2.05) is 18.6 Å². The number of phenolic OH excluding ortho intramolecular Hbond substituents is 1. The summed E-state index contributed by atoms with van der Waals surface area (Å²) < 4.78 is 100. The fraction of sp³-hybridized carbons (Fsp3) is 0.409. The van der Waals surface area contributed by atoms with Gasteiger partial charge in [-0.1, -0.05) is 26.8 Å². The van der Waals surface area contributed by atoms with Crippen LogP contribution in [-0.4, -0.2) is 52.4 Å². The lowest BCUT2D eigenvalue weighted by molar-refractivity contribution is -0.0846. The minimum Gasteiger partial charge on any atom is -0.504 e. The van der Waals surface area contributed by atoms with Crippen molar-refractivity contribution in [3.05, 3.63) is 52.5 Å². The van der Waals surface area contributed by atoms with E-state index in [1.165, 1.54) is 26.4 Å². The number of aromatic hydroxyl groups is 1. The van der Waals surface area contributed by atoms with Crippen LogP contribution in [-0.2, 0) is 20.0 Å². The molecule has 0 aliphatic carbocycles. The Hall–Kier alpha value is -3.04. The number of allylic oxidation sites excluding steroid dienone is 1. The van der Waals surface area contributed by atoms with E-state index in [9.17, 15) is 35.1 Å². The Bertz CT molecular complexity index is 1460. The number of hydrogen-bond acceptors (Lipinski definition) is 8. The van der Waals surface area contributed by atoms with Crippen LogP contribution in [0.15, 0.2) is 55.4 Å². The molecule has 10 nitrogen and oxygen atoms in total. The van der Waals surface area contributed by atoms with E-state index in [2.05, 4.69) is 10.3 Å². The van der Waals surface area contributed by atoms with Crippen LogP contribution in [0.3, 0.4) is 0 Å². The molecular weight excluding hydrogens is 537 g/mol. The van der Waals surface area contributed by atoms with Crippen molar-refractivity contribution in [1.82, 2.24) is 9.03 Å². The van der Waals surface area contributed by atoms with Gasteiger partial charge < -0.3 is 14.8 Å². The van der Waals surface area contributed by atoms with Gasteiger partial charge in [0.05, 0.1) is 12.0 Å². The van der Waals surface area contributed by atoms with Crippen molar-refractivity contribution < 1.29 is 39.5 Å². The molecule has 1 atom stereocenters. The van der Waals surface area contributed by atoms with Crippen LogP contribution < -0.4 is 10.0 Å². The molecule has 0 saturated carbocycles. The second kappa shape index (κ2) is 10.0. The molecule has 0 saturated heterocycles. The lowest BCUT2D eigenvalue weighted by atomic mass is 10.1. The second-order valence-electron chi connectivity index (χ2n) is 8.71. The minimum atomic E-state index is -5.34. The summed E-state index contributed by atoms with van der Waals surface area (Å²) in [6, 6.07) is 4.19. The van der Waals surface area contributed by atoms with Crippen LogP contribution >= 0.6 is 0 Å². The molecule has 1 aliphatic rings. The topological polar surface area (TPSA) is 141 Å². The summed E-state index contributed by atoms with van der Waals surface area (Å²) in [4.78, 5) is 1.65. The third kappa shape index (κ3) is 5.62. The molecule has 1 aromatic carbocycles. The van der Waals surface area contributed by atoms with Gasteiger partial charge in [-0.2, -0.15) is 13.2 Å². The number of aliphatic imine (C=N–C) groups is 1. The molecule has 3 rings (SSSR count). The van der Waals surface area contributed by atoms with E-state index in [1.54, 1.807) is 13.0 Å². The first-order valence-corrected chi connectivity index (χ1v) is 13.9. The van der Waals surface area contributed by atoms with Gasteiger partial charge in [0.15, 0.2) is 16.5 Å². The maximum absolute atomic E-state index is 13.9. The summed E-state index contributed by atoms with van der Waals surface area (Å²) in [5.41, 5.74) is -0.634. The van der Waals surface area contributed by atoms with E-state index >= 15 is 0 Å². The smallest absolute Gasteiger partial charge is 0.431 e. The molecule has 3 N–H and O–H groups in total. The summed E-state index contributed by atoms with van der Waals surface area (Å²) in [5.74, 6) is -1.13. The van der Waals surface area contributed by atoms with Gasteiger partial charge in [0.25, 0.3) is 10.0 Å². The number of halogens is 3. The number of para-hydroxylation sites is 1. The number of nitrogens with zero attached hydrogens (tertiary/aromatic N) is 2. The summed E-state index contributed by atoms with van der Waals surface area (Å²) in [5, 5.41) is 12.9. The predicted octanol–water partition coefficient (Wildman–Crippen LogP) is 4.03. The lowest BCUT2D eigenvalue weighted by Crippen LogP contribution is -2.28. The molecule has 0 fully saturated rings. The highest BCUT2D eigenvalue weighted by atomic mass is 32.2. The summed E-state index contributed by atoms with van der Waals surface area (Å²) >= 11 is 0. The maximum atomic E-state index is 13.9. The van der Waals surface area contributed by atoms with Crippen molar-refractivity contribution in [2.75, 3.05) is 19.4 Å². The van der Waals surface area contributed by atoms with E-state index in [4.69, 9.17) is 4.42 Å². The summed E-state index contributed by atoms with van der Waals surface area (Å²) in [6.07, 6.45) is -3.59. The van der Waals surface area contributed by atoms with Crippen LogP contribution in [0.1, 0.15) is 50.5 Å². The number of furan rings is 1. The number of phenols is 1. The molecule has 2 heterocycles. The van der Waals surface area contributed by atoms with E-state index in [0.717, 1.165) is 22.0 Å². The van der Waals surface area contributed by atoms with Gasteiger partial charge in [-0.15, -0.1) is 0 Å². The van der Waals surface area contributed by atoms with E-state index < -0.39 is 65.0 Å². The maximum Gasteiger partial charge on any atom is 0.431 e. The van der Waals surface area contributed by atoms with Crippen molar-refractivity contribution in [1.29, 1.82) is 0 Å². The molecule has 15 heteroatoms. The number of alkyl halides is 3. The highest BCUT2D eigenvalue weighted by Crippen LogP contribution is 2.40. The van der Waals surface area contributed by atoms with Gasteiger partial charge in [-0.05, 0) is 36.1 Å². The van der Waals surface area contributed by atoms with Gasteiger partial charge in [0, 0.05) is 14.1 Å². The average Bonchev–Trinajstić information content (AvgIpc) is 3.35. The predicted molar refractivity (Wildman–Crippen MR) is 131 cm³/mol. The number of rotatable bonds is 8. The number of amidine groups is 1. The summed E-state index contributed by atoms with van der Waals surface area (Å²) in [7, 11) is -6.86. The Balaban J connectivity index is 2.18. The van der Waals surface area contributed by atoms with Crippen molar-refractivity contribution in [3.8, 4) is 5.75 Å². The van der Waals surface area contributed by atoms with Crippen LogP contribution in [0, 0.1) is 0 Å². The van der Waals surface area contributed by atoms with Gasteiger partial charge >= 0.3 is 6.18 Å². The van der Waals surface area contributed by atoms with Crippen molar-refractivity contribution in [3.63, 3.8) is 0 Å². The third-order valence-electron chi connectivity index (χ3n) is 5.55. The molecule has 2 aromatic rings. The molecule has 0 radical (unpaired) electrons. The molecule has 204 valence electrons. The molecular formula is C22H27F3N4O6S2. The normalized spacial score (nSPS) is 18.1. The molecule has 0 bridgehead atoms. The first kappa shape index (κ1) is 28.5. The fourth-order valence-electron chi connectivity index (χ4n) is 3.49. The Morgan fingerprint density at radius 1 is 1.24 bits per heavy atom. The van der Waals surface area contributed by atoms with Gasteiger partial charge in [0.1, 0.15) is 22.4 Å². The Morgan fingerprint density at radius 3 is 2.41 bits per heavy atom. The highest BCUT2D eigenvalue weighted by molar-refractivity contribution is 7.94. The highest BCUT2D eigenvalue weighted by Gasteiger charge is 2.51. The second-order valence-corrected chi connectivity index (χ2v) is 12.5. The fourth-order valence-corrected chi connectivity index (χ4v) is 5.72. The van der Waals surface area contributed by atoms with Gasteiger partial charge in [0.2, 0.25) is 10.0 Å². The standard InChI is InChI=1S/C22H27F3N4O6S2/c1-6-14(16-10-13(11-35-16)12(2)3)27-21-18(20(22(23,24)25)36(31,32)28-21)26-15-8-7-9-17(19(15)30)37(33,34)29(4)5/h7-12,14,26,30H,6H2,1-5H3,(H,27,28). The molecule has 0 spiro atoms. The monoisotopic (exact) mass is 564 g/mol. The number of benzene rings is 1. The van der Waals surface area contributed by atoms with Crippen LogP contribution in [0.4, 0.5) is 18.9 Å². The number of nitrogens with one attached hydrogen (secondary N) is 2. The zero-order chi connectivity index (χ0) is 27.9. The largest absolute Gasteiger partial charge is 0.504 e. The molecule has 1 unspecified atom stereocenters. The SMILES string of the molecule is CCC(N=C1NS(=O)(=O)C(C(F)(F)F)=C1Nc1cccc(S(=O)(=O)N(C)C)c1O)c1cc(C(C)C)co1. The van der Waals surface area contributed by atoms with E-state index in [0.29, 0.717) is 5.76 Å². The van der Waals surface area contributed by atoms with Crippen LogP contribution in [0.2, 0.25) is 0 Å². The lowest BCUT2D eigenvalue weighted by Gasteiger charge is -2.17. The Kier molecular flexibility index (Phi) is 7.73. The average molecular weight is 565 g/mol. The minimum absolute atomic E-state index is 0.107. The first-order chi connectivity index (χ1) is 17.0. The number of anilines is 1. The quantitative estimate of drug-likeness (QED) is 0.411. The molecule has 0 amide bonds. The van der Waals surface area contributed by atoms with Crippen LogP contribution in [0.25, 0.3) is 0 Å². The Morgan fingerprint density at radius 2 is 1.89 bits per heavy atom. The molecule has 1 aromatic heterocycles. The summed E-state index contributed by atoms with van der Waals surface area (Å²) in [6.45, 7) is 5.53. The zero-order valence-electron chi connectivity index (χ0n) is 20.6.